The van der Waals surface area contributed by atoms with Gasteiger partial charge in [0.2, 0.25) is 0 Å². The lowest BCUT2D eigenvalue weighted by molar-refractivity contribution is -0.253. The van der Waals surface area contributed by atoms with Gasteiger partial charge in [0.05, 0.1) is 32.0 Å². The minimum Gasteiger partial charge on any atom is -0.445 e. The first-order valence-electron chi connectivity index (χ1n) is 14.1. The molecule has 2 aliphatic rings. The minimum atomic E-state index is -0.511. The van der Waals surface area contributed by atoms with Crippen molar-refractivity contribution in [2.75, 3.05) is 39.5 Å². The lowest BCUT2D eigenvalue weighted by Crippen LogP contribution is -2.44. The molecule has 0 aliphatic carbocycles. The van der Waals surface area contributed by atoms with E-state index in [1.165, 1.54) is 6.08 Å². The van der Waals surface area contributed by atoms with Gasteiger partial charge in [-0.15, -0.1) is 0 Å². The molecule has 2 heterocycles. The van der Waals surface area contributed by atoms with Crippen LogP contribution in [0.25, 0.3) is 11.1 Å². The van der Waals surface area contributed by atoms with Gasteiger partial charge in [-0.25, -0.2) is 4.79 Å². The third-order valence-corrected chi connectivity index (χ3v) is 7.45. The number of hydrogen-bond donors (Lipinski definition) is 2. The number of nitrogens with zero attached hydrogens (tertiary/aromatic N) is 1. The molecule has 216 valence electrons. The van der Waals surface area contributed by atoms with Crippen LogP contribution in [0.15, 0.2) is 85.5 Å². The molecule has 3 aromatic rings. The van der Waals surface area contributed by atoms with Crippen LogP contribution in [0.5, 0.6) is 0 Å². The highest BCUT2D eigenvalue weighted by Crippen LogP contribution is 2.39. The van der Waals surface area contributed by atoms with Crippen LogP contribution in [0.4, 0.5) is 4.79 Å². The summed E-state index contributed by atoms with van der Waals surface area (Å²) in [5.74, 6) is 0. The van der Waals surface area contributed by atoms with E-state index >= 15 is 0 Å². The standard InChI is InChI=1S/C33H38N2O6/c1-2-17-39-33(37)34-21-28-5-3-4-6-30(28)25-11-13-27(14-12-25)32-40-29(22-35-15-18-38-19-16-35)20-31(41-32)26-9-7-24(23-36)8-10-26/h2-14,29,31-32,36H,1,15-23H2,(H,34,37)/t29-,31+,32+/m0/s1. The first kappa shape index (κ1) is 29.0. The molecule has 41 heavy (non-hydrogen) atoms. The number of nitrogens with one attached hydrogen (secondary N) is 1. The Hall–Kier alpha value is -3.53. The maximum absolute atomic E-state index is 11.9. The van der Waals surface area contributed by atoms with E-state index in [0.717, 1.165) is 72.6 Å². The first-order chi connectivity index (χ1) is 20.1. The van der Waals surface area contributed by atoms with Crippen LogP contribution in [-0.4, -0.2) is 61.7 Å². The molecule has 3 atom stereocenters. The molecule has 2 N–H and O–H groups in total. The first-order valence-corrected chi connectivity index (χ1v) is 14.1. The third-order valence-electron chi connectivity index (χ3n) is 7.45. The SMILES string of the molecule is C=CCOC(=O)NCc1ccccc1-c1ccc([C@@H]2O[C@H](CN3CCOCC3)C[C@H](c3ccc(CO)cc3)O2)cc1. The van der Waals surface area contributed by atoms with Crippen molar-refractivity contribution in [1.29, 1.82) is 0 Å². The van der Waals surface area contributed by atoms with Gasteiger partial charge in [0, 0.05) is 38.2 Å². The highest BCUT2D eigenvalue weighted by Gasteiger charge is 2.33. The molecular weight excluding hydrogens is 520 g/mol. The highest BCUT2D eigenvalue weighted by molar-refractivity contribution is 5.70. The zero-order valence-corrected chi connectivity index (χ0v) is 23.2. The van der Waals surface area contributed by atoms with Crippen molar-refractivity contribution in [2.24, 2.45) is 0 Å². The molecule has 8 nitrogen and oxygen atoms in total. The van der Waals surface area contributed by atoms with Gasteiger partial charge in [-0.1, -0.05) is 85.5 Å². The molecule has 0 unspecified atom stereocenters. The molecule has 1 amide bonds. The summed E-state index contributed by atoms with van der Waals surface area (Å²) in [6, 6.07) is 24.2. The lowest BCUT2D eigenvalue weighted by Gasteiger charge is -2.39. The van der Waals surface area contributed by atoms with E-state index in [1.807, 2.05) is 60.7 Å². The number of aliphatic hydroxyl groups excluding tert-OH is 1. The van der Waals surface area contributed by atoms with Gasteiger partial charge in [-0.2, -0.15) is 0 Å². The number of amides is 1. The molecule has 2 saturated heterocycles. The molecule has 5 rings (SSSR count). The maximum atomic E-state index is 11.9. The van der Waals surface area contributed by atoms with Crippen LogP contribution < -0.4 is 5.32 Å². The molecule has 2 fully saturated rings. The predicted molar refractivity (Wildman–Crippen MR) is 156 cm³/mol. The molecular formula is C33H38N2O6. The van der Waals surface area contributed by atoms with Crippen molar-refractivity contribution in [3.8, 4) is 11.1 Å². The number of rotatable bonds is 10. The van der Waals surface area contributed by atoms with E-state index < -0.39 is 12.4 Å². The van der Waals surface area contributed by atoms with Crippen molar-refractivity contribution in [3.05, 3.63) is 108 Å². The zero-order chi connectivity index (χ0) is 28.4. The Kier molecular flexibility index (Phi) is 10.2. The summed E-state index contributed by atoms with van der Waals surface area (Å²) >= 11 is 0. The van der Waals surface area contributed by atoms with Crippen molar-refractivity contribution in [3.63, 3.8) is 0 Å². The van der Waals surface area contributed by atoms with Crippen LogP contribution in [0, 0.1) is 0 Å². The summed E-state index contributed by atoms with van der Waals surface area (Å²) in [7, 11) is 0. The average molecular weight is 559 g/mol. The number of benzene rings is 3. The fourth-order valence-corrected chi connectivity index (χ4v) is 5.23. The fourth-order valence-electron chi connectivity index (χ4n) is 5.23. The quantitative estimate of drug-likeness (QED) is 0.333. The molecule has 0 bridgehead atoms. The Balaban J connectivity index is 1.32. The van der Waals surface area contributed by atoms with E-state index in [9.17, 15) is 9.90 Å². The van der Waals surface area contributed by atoms with Gasteiger partial charge in [-0.3, -0.25) is 4.90 Å². The fraction of sp³-hybridized carbons (Fsp3) is 0.364. The Bertz CT molecular complexity index is 1270. The second-order valence-corrected chi connectivity index (χ2v) is 10.3. The Labute approximate surface area is 241 Å². The molecule has 2 aliphatic heterocycles. The number of carbonyl (C=O) groups excluding carboxylic acids is 1. The summed E-state index contributed by atoms with van der Waals surface area (Å²) in [6.07, 6.45) is 1.17. The van der Waals surface area contributed by atoms with Crippen LogP contribution in [0.2, 0.25) is 0 Å². The topological polar surface area (TPSA) is 89.5 Å². The predicted octanol–water partition coefficient (Wildman–Crippen LogP) is 5.14. The van der Waals surface area contributed by atoms with Crippen LogP contribution in [-0.2, 0) is 32.1 Å². The van der Waals surface area contributed by atoms with Crippen LogP contribution in [0.3, 0.4) is 0 Å². The summed E-state index contributed by atoms with van der Waals surface area (Å²) in [5.41, 5.74) is 5.94. The van der Waals surface area contributed by atoms with E-state index in [0.29, 0.717) is 6.54 Å². The zero-order valence-electron chi connectivity index (χ0n) is 23.2. The second kappa shape index (κ2) is 14.4. The molecule has 0 spiro atoms. The van der Waals surface area contributed by atoms with E-state index in [-0.39, 0.29) is 25.4 Å². The van der Waals surface area contributed by atoms with Gasteiger partial charge >= 0.3 is 6.09 Å². The number of morpholine rings is 1. The van der Waals surface area contributed by atoms with E-state index in [1.54, 1.807) is 0 Å². The number of carbonyl (C=O) groups is 1. The number of aliphatic hydroxyl groups is 1. The summed E-state index contributed by atoms with van der Waals surface area (Å²) in [4.78, 5) is 14.3. The summed E-state index contributed by atoms with van der Waals surface area (Å²) in [6.45, 7) is 8.20. The Morgan fingerprint density at radius 2 is 1.73 bits per heavy atom. The van der Waals surface area contributed by atoms with Crippen molar-refractivity contribution in [2.45, 2.75) is 38.1 Å². The number of ether oxygens (including phenoxy) is 4. The van der Waals surface area contributed by atoms with Gasteiger partial charge in [0.1, 0.15) is 6.61 Å². The molecule has 8 heteroatoms. The van der Waals surface area contributed by atoms with Crippen molar-refractivity contribution < 1.29 is 28.8 Å². The van der Waals surface area contributed by atoms with Crippen LogP contribution in [0.1, 0.15) is 41.1 Å². The Morgan fingerprint density at radius 3 is 2.46 bits per heavy atom. The van der Waals surface area contributed by atoms with Crippen molar-refractivity contribution in [1.82, 2.24) is 10.2 Å². The molecule has 0 radical (unpaired) electrons. The lowest BCUT2D eigenvalue weighted by atomic mass is 9.97. The molecule has 0 saturated carbocycles. The Morgan fingerprint density at radius 1 is 1.00 bits per heavy atom. The molecule has 0 aromatic heterocycles. The number of alkyl carbamates (subject to hydrolysis) is 1. The average Bonchev–Trinajstić information content (AvgIpc) is 3.03. The normalized spacial score (nSPS) is 21.2. The summed E-state index contributed by atoms with van der Waals surface area (Å²) in [5, 5.41) is 12.3. The smallest absolute Gasteiger partial charge is 0.407 e. The summed E-state index contributed by atoms with van der Waals surface area (Å²) < 4.78 is 23.6. The van der Waals surface area contributed by atoms with Crippen LogP contribution >= 0.6 is 0 Å². The highest BCUT2D eigenvalue weighted by atomic mass is 16.7. The largest absolute Gasteiger partial charge is 0.445 e. The van der Waals surface area contributed by atoms with Gasteiger partial charge < -0.3 is 29.4 Å². The second-order valence-electron chi connectivity index (χ2n) is 10.3. The molecule has 3 aromatic carbocycles. The monoisotopic (exact) mass is 558 g/mol. The maximum Gasteiger partial charge on any atom is 0.407 e. The number of hydrogen-bond acceptors (Lipinski definition) is 7. The van der Waals surface area contributed by atoms with Crippen molar-refractivity contribution >= 4 is 6.09 Å². The minimum absolute atomic E-state index is 0.00157. The van der Waals surface area contributed by atoms with E-state index in [4.69, 9.17) is 18.9 Å². The van der Waals surface area contributed by atoms with Gasteiger partial charge in [0.15, 0.2) is 6.29 Å². The third kappa shape index (κ3) is 7.81. The van der Waals surface area contributed by atoms with Gasteiger partial charge in [-0.05, 0) is 27.8 Å². The van der Waals surface area contributed by atoms with E-state index in [2.05, 4.69) is 28.9 Å². The van der Waals surface area contributed by atoms with Gasteiger partial charge in [0.25, 0.3) is 0 Å².